The molecule has 0 aliphatic carbocycles. The second kappa shape index (κ2) is 5.50. The van der Waals surface area contributed by atoms with Crippen molar-refractivity contribution in [1.29, 1.82) is 0 Å². The quantitative estimate of drug-likeness (QED) is 0.845. The fourth-order valence-electron chi connectivity index (χ4n) is 2.29. The molecule has 0 spiro atoms. The van der Waals surface area contributed by atoms with E-state index in [4.69, 9.17) is 10.5 Å². The maximum atomic E-state index is 11.1. The minimum atomic E-state index is -0.379. The fraction of sp³-hybridized carbons (Fsp3) is 0.500. The molecule has 1 heterocycles. The van der Waals surface area contributed by atoms with Crippen molar-refractivity contribution < 1.29 is 9.53 Å². The lowest BCUT2D eigenvalue weighted by atomic mass is 10.0. The van der Waals surface area contributed by atoms with Crippen molar-refractivity contribution in [2.75, 3.05) is 6.61 Å². The first-order chi connectivity index (χ1) is 8.58. The van der Waals surface area contributed by atoms with E-state index in [0.29, 0.717) is 11.6 Å². The Morgan fingerprint density at radius 3 is 2.89 bits per heavy atom. The smallest absolute Gasteiger partial charge is 0.248 e. The van der Waals surface area contributed by atoms with Crippen LogP contribution < -0.4 is 11.1 Å². The predicted octanol–water partition coefficient (Wildman–Crippen LogP) is 1.36. The van der Waals surface area contributed by atoms with Gasteiger partial charge in [0.25, 0.3) is 0 Å². The number of aryl methyl sites for hydroxylation is 1. The molecule has 0 radical (unpaired) electrons. The molecule has 4 heteroatoms. The van der Waals surface area contributed by atoms with Crippen molar-refractivity contribution in [1.82, 2.24) is 5.32 Å². The Balaban J connectivity index is 1.99. The summed E-state index contributed by atoms with van der Waals surface area (Å²) in [6.07, 6.45) is 1.33. The number of carbonyl (C=O) groups is 1. The summed E-state index contributed by atoms with van der Waals surface area (Å²) in [5, 5.41) is 3.50. The van der Waals surface area contributed by atoms with Gasteiger partial charge in [0.2, 0.25) is 5.91 Å². The van der Waals surface area contributed by atoms with Crippen LogP contribution in [0.4, 0.5) is 0 Å². The van der Waals surface area contributed by atoms with Crippen LogP contribution in [-0.4, -0.2) is 24.7 Å². The molecule has 1 saturated heterocycles. The van der Waals surface area contributed by atoms with Crippen molar-refractivity contribution in [3.05, 3.63) is 34.9 Å². The van der Waals surface area contributed by atoms with Gasteiger partial charge in [-0.25, -0.2) is 0 Å². The van der Waals surface area contributed by atoms with Crippen LogP contribution in [0, 0.1) is 6.92 Å². The minimum absolute atomic E-state index is 0.273. The first-order valence-corrected chi connectivity index (χ1v) is 6.32. The molecule has 2 rings (SSSR count). The van der Waals surface area contributed by atoms with Gasteiger partial charge in [0.15, 0.2) is 0 Å². The zero-order chi connectivity index (χ0) is 13.1. The molecule has 1 aromatic carbocycles. The second-order valence-electron chi connectivity index (χ2n) is 4.86. The van der Waals surface area contributed by atoms with Crippen molar-refractivity contribution in [2.24, 2.45) is 5.73 Å². The van der Waals surface area contributed by atoms with Gasteiger partial charge in [0.05, 0.1) is 6.10 Å². The highest BCUT2D eigenvalue weighted by atomic mass is 16.5. The zero-order valence-corrected chi connectivity index (χ0v) is 10.9. The zero-order valence-electron chi connectivity index (χ0n) is 10.9. The lowest BCUT2D eigenvalue weighted by Crippen LogP contribution is -2.34. The standard InChI is InChI=1S/C14H20N2O2/c1-9-7-11(14(15)17)3-4-12(9)8-16-13-5-6-18-10(13)2/h3-4,7,10,13,16H,5-6,8H2,1-2H3,(H2,15,17). The van der Waals surface area contributed by atoms with Gasteiger partial charge in [-0.2, -0.15) is 0 Å². The van der Waals surface area contributed by atoms with Crippen molar-refractivity contribution in [3.63, 3.8) is 0 Å². The Bertz CT molecular complexity index is 445. The Morgan fingerprint density at radius 1 is 1.56 bits per heavy atom. The topological polar surface area (TPSA) is 64.4 Å². The molecule has 2 atom stereocenters. The van der Waals surface area contributed by atoms with Crippen LogP contribution in [0.3, 0.4) is 0 Å². The summed E-state index contributed by atoms with van der Waals surface area (Å²) in [5.74, 6) is -0.379. The van der Waals surface area contributed by atoms with Gasteiger partial charge in [-0.1, -0.05) is 6.07 Å². The van der Waals surface area contributed by atoms with E-state index in [0.717, 1.165) is 25.1 Å². The highest BCUT2D eigenvalue weighted by Crippen LogP contribution is 2.15. The van der Waals surface area contributed by atoms with E-state index in [2.05, 4.69) is 12.2 Å². The third-order valence-electron chi connectivity index (χ3n) is 3.56. The molecule has 0 aromatic heterocycles. The molecular formula is C14H20N2O2. The van der Waals surface area contributed by atoms with Gasteiger partial charge in [-0.15, -0.1) is 0 Å². The highest BCUT2D eigenvalue weighted by molar-refractivity contribution is 5.93. The average Bonchev–Trinajstić information content (AvgIpc) is 2.73. The van der Waals surface area contributed by atoms with E-state index in [1.54, 1.807) is 6.07 Å². The molecule has 1 aliphatic rings. The summed E-state index contributed by atoms with van der Waals surface area (Å²) < 4.78 is 5.51. The van der Waals surface area contributed by atoms with E-state index in [1.165, 1.54) is 5.56 Å². The van der Waals surface area contributed by atoms with E-state index in [1.807, 2.05) is 19.1 Å². The Morgan fingerprint density at radius 2 is 2.33 bits per heavy atom. The van der Waals surface area contributed by atoms with Gasteiger partial charge >= 0.3 is 0 Å². The van der Waals surface area contributed by atoms with Gasteiger partial charge in [-0.3, -0.25) is 4.79 Å². The summed E-state index contributed by atoms with van der Waals surface area (Å²) in [6.45, 7) is 5.72. The number of primary amides is 1. The molecule has 1 aliphatic heterocycles. The molecule has 1 fully saturated rings. The number of hydrogen-bond donors (Lipinski definition) is 2. The van der Waals surface area contributed by atoms with Gasteiger partial charge < -0.3 is 15.8 Å². The molecule has 98 valence electrons. The number of carbonyl (C=O) groups excluding carboxylic acids is 1. The molecule has 1 aromatic rings. The average molecular weight is 248 g/mol. The second-order valence-corrected chi connectivity index (χ2v) is 4.86. The largest absolute Gasteiger partial charge is 0.377 e. The molecule has 18 heavy (non-hydrogen) atoms. The van der Waals surface area contributed by atoms with E-state index >= 15 is 0 Å². The van der Waals surface area contributed by atoms with E-state index in [-0.39, 0.29) is 12.0 Å². The minimum Gasteiger partial charge on any atom is -0.377 e. The number of nitrogens with one attached hydrogen (secondary N) is 1. The molecule has 0 bridgehead atoms. The lowest BCUT2D eigenvalue weighted by molar-refractivity contribution is 0.1000. The fourth-order valence-corrected chi connectivity index (χ4v) is 2.29. The molecule has 1 amide bonds. The Kier molecular flexibility index (Phi) is 3.99. The van der Waals surface area contributed by atoms with E-state index in [9.17, 15) is 4.79 Å². The number of ether oxygens (including phenoxy) is 1. The van der Waals surface area contributed by atoms with Crippen molar-refractivity contribution >= 4 is 5.91 Å². The maximum absolute atomic E-state index is 11.1. The summed E-state index contributed by atoms with van der Waals surface area (Å²) in [5.41, 5.74) is 8.10. The number of benzene rings is 1. The Hall–Kier alpha value is -1.39. The molecule has 3 N–H and O–H groups in total. The van der Waals surface area contributed by atoms with Crippen molar-refractivity contribution in [2.45, 2.75) is 39.0 Å². The molecule has 0 saturated carbocycles. The van der Waals surface area contributed by atoms with E-state index < -0.39 is 0 Å². The molecular weight excluding hydrogens is 228 g/mol. The van der Waals surface area contributed by atoms with Crippen LogP contribution in [0.2, 0.25) is 0 Å². The van der Waals surface area contributed by atoms with Crippen LogP contribution >= 0.6 is 0 Å². The summed E-state index contributed by atoms with van der Waals surface area (Å²) in [7, 11) is 0. The third kappa shape index (κ3) is 2.89. The van der Waals surface area contributed by atoms with Gasteiger partial charge in [-0.05, 0) is 43.5 Å². The number of hydrogen-bond acceptors (Lipinski definition) is 3. The summed E-state index contributed by atoms with van der Waals surface area (Å²) in [6, 6.07) is 6.00. The molecule has 2 unspecified atom stereocenters. The number of amides is 1. The first kappa shape index (κ1) is 13.1. The highest BCUT2D eigenvalue weighted by Gasteiger charge is 2.23. The van der Waals surface area contributed by atoms with Crippen molar-refractivity contribution in [3.8, 4) is 0 Å². The SMILES string of the molecule is Cc1cc(C(N)=O)ccc1CNC1CCOC1C. The van der Waals surface area contributed by atoms with Gasteiger partial charge in [0.1, 0.15) is 0 Å². The molecule has 4 nitrogen and oxygen atoms in total. The van der Waals surface area contributed by atoms with Crippen LogP contribution in [0.5, 0.6) is 0 Å². The predicted molar refractivity (Wildman–Crippen MR) is 70.4 cm³/mol. The van der Waals surface area contributed by atoms with Gasteiger partial charge in [0, 0.05) is 24.8 Å². The number of nitrogens with two attached hydrogens (primary N) is 1. The third-order valence-corrected chi connectivity index (χ3v) is 3.56. The Labute approximate surface area is 108 Å². The lowest BCUT2D eigenvalue weighted by Gasteiger charge is -2.17. The van der Waals surface area contributed by atoms with Crippen LogP contribution in [0.15, 0.2) is 18.2 Å². The van der Waals surface area contributed by atoms with Crippen LogP contribution in [0.1, 0.15) is 34.8 Å². The normalized spacial score (nSPS) is 23.2. The number of rotatable bonds is 4. The summed E-state index contributed by atoms with van der Waals surface area (Å²) >= 11 is 0. The van der Waals surface area contributed by atoms with Crippen LogP contribution in [0.25, 0.3) is 0 Å². The van der Waals surface area contributed by atoms with Crippen LogP contribution in [-0.2, 0) is 11.3 Å². The summed E-state index contributed by atoms with van der Waals surface area (Å²) in [4.78, 5) is 11.1. The monoisotopic (exact) mass is 248 g/mol. The first-order valence-electron chi connectivity index (χ1n) is 6.32. The maximum Gasteiger partial charge on any atom is 0.248 e.